The molecule has 2 nitrogen and oxygen atoms in total. The second-order valence-corrected chi connectivity index (χ2v) is 5.31. The molecule has 2 aromatic rings. The van der Waals surface area contributed by atoms with E-state index in [1.807, 2.05) is 23.7 Å². The SMILES string of the molecule is Cc1ccccc1C(C)(N)Cc1nccs1. The molecule has 0 radical (unpaired) electrons. The third-order valence-corrected chi connectivity index (χ3v) is 3.54. The van der Waals surface area contributed by atoms with E-state index >= 15 is 0 Å². The van der Waals surface area contributed by atoms with Gasteiger partial charge < -0.3 is 5.73 Å². The molecule has 1 heterocycles. The quantitative estimate of drug-likeness (QED) is 0.883. The van der Waals surface area contributed by atoms with Crippen LogP contribution in [0.15, 0.2) is 35.8 Å². The molecule has 2 rings (SSSR count). The smallest absolute Gasteiger partial charge is 0.0946 e. The van der Waals surface area contributed by atoms with Gasteiger partial charge in [0, 0.05) is 23.5 Å². The molecule has 0 aliphatic heterocycles. The van der Waals surface area contributed by atoms with Crippen LogP contribution in [0.3, 0.4) is 0 Å². The Morgan fingerprint density at radius 3 is 2.75 bits per heavy atom. The molecule has 3 heteroatoms. The second kappa shape index (κ2) is 4.36. The summed E-state index contributed by atoms with van der Waals surface area (Å²) in [4.78, 5) is 4.30. The second-order valence-electron chi connectivity index (χ2n) is 4.34. The Bertz CT molecular complexity index is 461. The summed E-state index contributed by atoms with van der Waals surface area (Å²) in [7, 11) is 0. The minimum Gasteiger partial charge on any atom is -0.321 e. The Hall–Kier alpha value is -1.19. The van der Waals surface area contributed by atoms with Gasteiger partial charge in [-0.15, -0.1) is 11.3 Å². The van der Waals surface area contributed by atoms with Crippen molar-refractivity contribution in [2.45, 2.75) is 25.8 Å². The molecular weight excluding hydrogens is 216 g/mol. The zero-order chi connectivity index (χ0) is 11.6. The first-order valence-electron chi connectivity index (χ1n) is 5.33. The predicted molar refractivity (Wildman–Crippen MR) is 68.5 cm³/mol. The molecule has 84 valence electrons. The zero-order valence-electron chi connectivity index (χ0n) is 9.60. The van der Waals surface area contributed by atoms with Gasteiger partial charge in [-0.3, -0.25) is 0 Å². The zero-order valence-corrected chi connectivity index (χ0v) is 10.4. The van der Waals surface area contributed by atoms with E-state index in [0.29, 0.717) is 0 Å². The largest absolute Gasteiger partial charge is 0.321 e. The number of nitrogens with two attached hydrogens (primary N) is 1. The predicted octanol–water partition coefficient (Wildman–Crippen LogP) is 2.87. The number of benzene rings is 1. The van der Waals surface area contributed by atoms with Gasteiger partial charge in [0.2, 0.25) is 0 Å². The van der Waals surface area contributed by atoms with Crippen molar-refractivity contribution in [3.05, 3.63) is 52.0 Å². The average molecular weight is 232 g/mol. The van der Waals surface area contributed by atoms with Crippen LogP contribution in [0.2, 0.25) is 0 Å². The summed E-state index contributed by atoms with van der Waals surface area (Å²) >= 11 is 1.66. The summed E-state index contributed by atoms with van der Waals surface area (Å²) in [5.41, 5.74) is 8.49. The van der Waals surface area contributed by atoms with E-state index in [-0.39, 0.29) is 5.54 Å². The maximum Gasteiger partial charge on any atom is 0.0946 e. The summed E-state index contributed by atoms with van der Waals surface area (Å²) in [6.45, 7) is 4.17. The van der Waals surface area contributed by atoms with E-state index in [1.165, 1.54) is 11.1 Å². The van der Waals surface area contributed by atoms with Gasteiger partial charge in [0.05, 0.1) is 5.01 Å². The molecule has 0 spiro atoms. The van der Waals surface area contributed by atoms with Crippen molar-refractivity contribution >= 4 is 11.3 Å². The summed E-state index contributed by atoms with van der Waals surface area (Å²) < 4.78 is 0. The lowest BCUT2D eigenvalue weighted by Crippen LogP contribution is -2.36. The molecule has 0 bridgehead atoms. The topological polar surface area (TPSA) is 38.9 Å². The summed E-state index contributed by atoms with van der Waals surface area (Å²) in [6.07, 6.45) is 2.61. The van der Waals surface area contributed by atoms with Crippen LogP contribution in [0.25, 0.3) is 0 Å². The standard InChI is InChI=1S/C13H16N2S/c1-10-5-3-4-6-11(10)13(2,14)9-12-15-7-8-16-12/h3-8H,9,14H2,1-2H3. The van der Waals surface area contributed by atoms with Gasteiger partial charge in [0.1, 0.15) is 0 Å². The number of aryl methyl sites for hydroxylation is 1. The lowest BCUT2D eigenvalue weighted by molar-refractivity contribution is 0.487. The Kier molecular flexibility index (Phi) is 3.08. The third kappa shape index (κ3) is 2.31. The van der Waals surface area contributed by atoms with Crippen molar-refractivity contribution in [1.82, 2.24) is 4.98 Å². The van der Waals surface area contributed by atoms with Crippen LogP contribution in [-0.2, 0) is 12.0 Å². The van der Waals surface area contributed by atoms with Crippen LogP contribution in [0.1, 0.15) is 23.1 Å². The van der Waals surface area contributed by atoms with Crippen molar-refractivity contribution in [3.63, 3.8) is 0 Å². The highest BCUT2D eigenvalue weighted by atomic mass is 32.1. The molecule has 0 fully saturated rings. The average Bonchev–Trinajstić information content (AvgIpc) is 2.70. The van der Waals surface area contributed by atoms with Crippen molar-refractivity contribution in [2.24, 2.45) is 5.73 Å². The van der Waals surface area contributed by atoms with Crippen LogP contribution in [-0.4, -0.2) is 4.98 Å². The van der Waals surface area contributed by atoms with E-state index in [1.54, 1.807) is 11.3 Å². The van der Waals surface area contributed by atoms with E-state index in [2.05, 4.69) is 31.0 Å². The van der Waals surface area contributed by atoms with E-state index in [4.69, 9.17) is 5.73 Å². The minimum atomic E-state index is -0.344. The van der Waals surface area contributed by atoms with E-state index in [0.717, 1.165) is 11.4 Å². The van der Waals surface area contributed by atoms with Gasteiger partial charge in [-0.2, -0.15) is 0 Å². The number of hydrogen-bond acceptors (Lipinski definition) is 3. The molecule has 0 saturated carbocycles. The Labute approximate surface area is 100 Å². The number of rotatable bonds is 3. The monoisotopic (exact) mass is 232 g/mol. The highest BCUT2D eigenvalue weighted by molar-refractivity contribution is 7.09. The van der Waals surface area contributed by atoms with Gasteiger partial charge in [-0.1, -0.05) is 24.3 Å². The van der Waals surface area contributed by atoms with Gasteiger partial charge in [0.25, 0.3) is 0 Å². The highest BCUT2D eigenvalue weighted by Crippen LogP contribution is 2.26. The van der Waals surface area contributed by atoms with Crippen LogP contribution >= 0.6 is 11.3 Å². The summed E-state index contributed by atoms with van der Waals surface area (Å²) in [5.74, 6) is 0. The first-order chi connectivity index (χ1) is 7.59. The lowest BCUT2D eigenvalue weighted by atomic mass is 9.87. The van der Waals surface area contributed by atoms with Gasteiger partial charge in [-0.25, -0.2) is 4.98 Å². The number of hydrogen-bond donors (Lipinski definition) is 1. The molecule has 0 aliphatic rings. The molecule has 0 saturated heterocycles. The molecule has 16 heavy (non-hydrogen) atoms. The Morgan fingerprint density at radius 2 is 2.12 bits per heavy atom. The van der Waals surface area contributed by atoms with Crippen LogP contribution < -0.4 is 5.73 Å². The maximum atomic E-state index is 6.40. The molecule has 2 N–H and O–H groups in total. The molecular formula is C13H16N2S. The Balaban J connectivity index is 2.28. The normalized spacial score (nSPS) is 14.7. The maximum absolute atomic E-state index is 6.40. The summed E-state index contributed by atoms with van der Waals surface area (Å²) in [6, 6.07) is 8.28. The molecule has 1 aromatic heterocycles. The van der Waals surface area contributed by atoms with Crippen LogP contribution in [0.4, 0.5) is 0 Å². The van der Waals surface area contributed by atoms with E-state index in [9.17, 15) is 0 Å². The highest BCUT2D eigenvalue weighted by Gasteiger charge is 2.24. The molecule has 1 atom stereocenters. The van der Waals surface area contributed by atoms with Gasteiger partial charge in [-0.05, 0) is 25.0 Å². The number of nitrogens with zero attached hydrogens (tertiary/aromatic N) is 1. The van der Waals surface area contributed by atoms with Crippen LogP contribution in [0.5, 0.6) is 0 Å². The molecule has 0 amide bonds. The summed E-state index contributed by atoms with van der Waals surface area (Å²) in [5, 5.41) is 3.08. The van der Waals surface area contributed by atoms with Crippen molar-refractivity contribution in [2.75, 3.05) is 0 Å². The fourth-order valence-corrected chi connectivity index (χ4v) is 2.75. The minimum absolute atomic E-state index is 0.344. The van der Waals surface area contributed by atoms with E-state index < -0.39 is 0 Å². The fourth-order valence-electron chi connectivity index (χ4n) is 1.96. The van der Waals surface area contributed by atoms with Crippen LogP contribution in [0, 0.1) is 6.92 Å². The molecule has 0 aliphatic carbocycles. The van der Waals surface area contributed by atoms with Gasteiger partial charge in [0.15, 0.2) is 0 Å². The Morgan fingerprint density at radius 1 is 1.38 bits per heavy atom. The van der Waals surface area contributed by atoms with Crippen molar-refractivity contribution < 1.29 is 0 Å². The first-order valence-corrected chi connectivity index (χ1v) is 6.21. The number of thiazole rings is 1. The van der Waals surface area contributed by atoms with Crippen molar-refractivity contribution in [1.29, 1.82) is 0 Å². The first kappa shape index (κ1) is 11.3. The van der Waals surface area contributed by atoms with Gasteiger partial charge >= 0.3 is 0 Å². The fraction of sp³-hybridized carbons (Fsp3) is 0.308. The molecule has 1 unspecified atom stereocenters. The van der Waals surface area contributed by atoms with Crippen molar-refractivity contribution in [3.8, 4) is 0 Å². The lowest BCUT2D eigenvalue weighted by Gasteiger charge is -2.26. The molecule has 1 aromatic carbocycles. The number of aromatic nitrogens is 1. The third-order valence-electron chi connectivity index (χ3n) is 2.76.